The van der Waals surface area contributed by atoms with Crippen LogP contribution >= 0.6 is 54.4 Å². The van der Waals surface area contributed by atoms with Gasteiger partial charge < -0.3 is 19.9 Å². The van der Waals surface area contributed by atoms with E-state index in [2.05, 4.69) is 76.8 Å². The van der Waals surface area contributed by atoms with Crippen LogP contribution in [0.4, 0.5) is 5.82 Å². The van der Waals surface area contributed by atoms with E-state index in [9.17, 15) is 9.90 Å². The van der Waals surface area contributed by atoms with Gasteiger partial charge in [-0.2, -0.15) is 0 Å². The Bertz CT molecular complexity index is 1160. The lowest BCUT2D eigenvalue weighted by atomic mass is 9.98. The molecule has 4 heterocycles. The van der Waals surface area contributed by atoms with Gasteiger partial charge in [-0.3, -0.25) is 9.69 Å². The van der Waals surface area contributed by atoms with Crippen molar-refractivity contribution in [3.05, 3.63) is 52.7 Å². The predicted octanol–water partition coefficient (Wildman–Crippen LogP) is 5.28. The van der Waals surface area contributed by atoms with Crippen molar-refractivity contribution < 1.29 is 19.4 Å². The van der Waals surface area contributed by atoms with Crippen molar-refractivity contribution in [2.24, 2.45) is 5.92 Å². The highest BCUT2D eigenvalue weighted by Crippen LogP contribution is 2.46. The van der Waals surface area contributed by atoms with Crippen LogP contribution < -0.4 is 10.6 Å². The molecular weight excluding hydrogens is 739 g/mol. The molecule has 10 heteroatoms. The largest absolute Gasteiger partial charge is 0.480 e. The average molecular weight is 777 g/mol. The third kappa shape index (κ3) is 7.44. The Balaban J connectivity index is 1.17. The lowest BCUT2D eigenvalue weighted by molar-refractivity contribution is -0.143. The van der Waals surface area contributed by atoms with Gasteiger partial charge in [0.15, 0.2) is 0 Å². The maximum atomic E-state index is 12.6. The number of benzene rings is 1. The van der Waals surface area contributed by atoms with Gasteiger partial charge in [0, 0.05) is 18.8 Å². The van der Waals surface area contributed by atoms with Crippen molar-refractivity contribution in [3.63, 3.8) is 0 Å². The van der Waals surface area contributed by atoms with Crippen LogP contribution in [-0.2, 0) is 33.7 Å². The van der Waals surface area contributed by atoms with Crippen molar-refractivity contribution in [3.8, 4) is 0 Å². The first-order chi connectivity index (χ1) is 18.8. The van der Waals surface area contributed by atoms with Crippen molar-refractivity contribution in [2.45, 2.75) is 65.1 Å². The predicted molar refractivity (Wildman–Crippen MR) is 175 cm³/mol. The maximum absolute atomic E-state index is 12.6. The minimum atomic E-state index is -0.793. The third-order valence-electron chi connectivity index (χ3n) is 8.17. The number of rotatable bonds is 12. The number of halogens is 2. The van der Waals surface area contributed by atoms with E-state index >= 15 is 0 Å². The first-order valence-electron chi connectivity index (χ1n) is 14.0. The molecule has 212 valence electrons. The van der Waals surface area contributed by atoms with Crippen molar-refractivity contribution in [2.75, 3.05) is 38.2 Å². The molecule has 39 heavy (non-hydrogen) atoms. The molecule has 0 aliphatic carbocycles. The standard InChI is InChI=1S/C29H38I2N3O4P/c30-29(31,12-2-1-6-21-10-9-19-5-4-13-32-27(19)33-21)20-11-14-34(15-20)26(28(35)36)23-7-3-8-25(39)24(23)18-38-22-16-37-17-22/h3,7-10,20,22,26H,1-2,4-6,11-18,39H2,(H,32,33)(H,35,36)/t20-,26?/m1/s1. The zero-order valence-corrected chi connectivity index (χ0v) is 27.7. The van der Waals surface area contributed by atoms with Crippen LogP contribution in [0.15, 0.2) is 30.3 Å². The van der Waals surface area contributed by atoms with Crippen molar-refractivity contribution >= 4 is 71.5 Å². The molecular formula is C29H38I2N3O4P. The number of alkyl halides is 2. The molecule has 0 spiro atoms. The molecule has 5 rings (SSSR count). The number of fused-ring (bicyclic) bond motifs is 1. The zero-order valence-electron chi connectivity index (χ0n) is 22.2. The lowest BCUT2D eigenvalue weighted by Gasteiger charge is -2.31. The molecule has 3 aliphatic rings. The van der Waals surface area contributed by atoms with Gasteiger partial charge in [-0.25, -0.2) is 4.98 Å². The molecule has 1 aromatic carbocycles. The van der Waals surface area contributed by atoms with E-state index in [-0.39, 0.29) is 7.53 Å². The lowest BCUT2D eigenvalue weighted by Crippen LogP contribution is -2.37. The van der Waals surface area contributed by atoms with E-state index < -0.39 is 12.0 Å². The second-order valence-corrected chi connectivity index (χ2v) is 17.5. The van der Waals surface area contributed by atoms with Crippen LogP contribution in [-0.4, -0.2) is 61.3 Å². The van der Waals surface area contributed by atoms with Crippen molar-refractivity contribution in [1.82, 2.24) is 9.88 Å². The fourth-order valence-corrected chi connectivity index (χ4v) is 7.93. The molecule has 2 N–H and O–H groups in total. The summed E-state index contributed by atoms with van der Waals surface area (Å²) in [6.45, 7) is 4.22. The molecule has 7 nitrogen and oxygen atoms in total. The topological polar surface area (TPSA) is 83.9 Å². The van der Waals surface area contributed by atoms with Gasteiger partial charge in [0.1, 0.15) is 18.0 Å². The highest BCUT2D eigenvalue weighted by molar-refractivity contribution is 14.2. The number of unbranched alkanes of at least 4 members (excludes halogenated alkanes) is 1. The number of aryl methyl sites for hydroxylation is 2. The van der Waals surface area contributed by atoms with Crippen LogP contribution in [0.2, 0.25) is 0 Å². The molecule has 0 radical (unpaired) electrons. The molecule has 3 atom stereocenters. The summed E-state index contributed by atoms with van der Waals surface area (Å²) in [4.78, 5) is 19.6. The van der Waals surface area contributed by atoms with Gasteiger partial charge in [-0.15, -0.1) is 9.24 Å². The zero-order chi connectivity index (χ0) is 27.4. The molecule has 0 saturated carbocycles. The number of ether oxygens (including phenoxy) is 2. The van der Waals surface area contributed by atoms with Crippen LogP contribution in [0, 0.1) is 5.92 Å². The van der Waals surface area contributed by atoms with E-state index in [1.807, 2.05) is 18.2 Å². The number of nitrogens with one attached hydrogen (secondary N) is 1. The molecule has 2 unspecified atom stereocenters. The highest BCUT2D eigenvalue weighted by Gasteiger charge is 2.42. The van der Waals surface area contributed by atoms with Gasteiger partial charge in [0.05, 0.1) is 21.2 Å². The van der Waals surface area contributed by atoms with Gasteiger partial charge in [-0.05, 0) is 79.0 Å². The van der Waals surface area contributed by atoms with E-state index in [0.717, 1.165) is 80.4 Å². The number of carboxylic acid groups (broad SMARTS) is 1. The number of nitrogens with zero attached hydrogens (tertiary/aromatic N) is 2. The Morgan fingerprint density at radius 1 is 1.28 bits per heavy atom. The summed E-state index contributed by atoms with van der Waals surface area (Å²) >= 11 is 5.24. The maximum Gasteiger partial charge on any atom is 0.325 e. The van der Waals surface area contributed by atoms with Crippen LogP contribution in [0.1, 0.15) is 60.5 Å². The third-order valence-corrected chi connectivity index (χ3v) is 11.6. The SMILES string of the molecule is O=C(O)C(c1cccc(P)c1COC1COC1)N1CC[C@@H](C(I)(I)CCCCc2ccc3c(n2)NCCC3)C1. The Kier molecular flexibility index (Phi) is 10.4. The number of aliphatic carboxylic acids is 1. The second kappa shape index (κ2) is 13.6. The number of aromatic nitrogens is 1. The number of likely N-dealkylation sites (tertiary alicyclic amines) is 1. The minimum absolute atomic E-state index is 0.0940. The summed E-state index contributed by atoms with van der Waals surface area (Å²) in [5.74, 6) is 0.727. The van der Waals surface area contributed by atoms with E-state index in [0.29, 0.717) is 25.7 Å². The van der Waals surface area contributed by atoms with Gasteiger partial charge in [0.25, 0.3) is 0 Å². The van der Waals surface area contributed by atoms with E-state index in [1.165, 1.54) is 17.7 Å². The Morgan fingerprint density at radius 3 is 2.90 bits per heavy atom. The molecule has 2 aromatic rings. The molecule has 2 saturated heterocycles. The van der Waals surface area contributed by atoms with Crippen LogP contribution in [0.25, 0.3) is 0 Å². The smallest absolute Gasteiger partial charge is 0.325 e. The average Bonchev–Trinajstić information content (AvgIpc) is 3.38. The minimum Gasteiger partial charge on any atom is -0.480 e. The van der Waals surface area contributed by atoms with Crippen LogP contribution in [0.5, 0.6) is 0 Å². The summed E-state index contributed by atoms with van der Waals surface area (Å²) < 4.78 is 11.3. The monoisotopic (exact) mass is 777 g/mol. The molecule has 0 amide bonds. The number of anilines is 1. The van der Waals surface area contributed by atoms with Gasteiger partial charge >= 0.3 is 5.97 Å². The highest BCUT2D eigenvalue weighted by atomic mass is 127. The summed E-state index contributed by atoms with van der Waals surface area (Å²) in [5.41, 5.74) is 4.32. The second-order valence-electron chi connectivity index (χ2n) is 10.9. The molecule has 1 aromatic heterocycles. The summed E-state index contributed by atoms with van der Waals surface area (Å²) in [6, 6.07) is 9.68. The van der Waals surface area contributed by atoms with E-state index in [1.54, 1.807) is 0 Å². The first kappa shape index (κ1) is 29.9. The van der Waals surface area contributed by atoms with Crippen LogP contribution in [0.3, 0.4) is 0 Å². The first-order valence-corrected chi connectivity index (χ1v) is 16.7. The number of carbonyl (C=O) groups is 1. The normalized spacial score (nSPS) is 20.7. The fourth-order valence-electron chi connectivity index (χ4n) is 5.79. The molecule has 0 bridgehead atoms. The number of carboxylic acids is 1. The summed E-state index contributed by atoms with van der Waals surface area (Å²) in [5, 5.41) is 14.8. The number of hydrogen-bond acceptors (Lipinski definition) is 6. The number of pyridine rings is 1. The Labute approximate surface area is 261 Å². The molecule has 2 fully saturated rings. The van der Waals surface area contributed by atoms with Crippen molar-refractivity contribution in [1.29, 1.82) is 0 Å². The summed E-state index contributed by atoms with van der Waals surface area (Å²) in [6.07, 6.45) is 7.78. The quantitative estimate of drug-likeness (QED) is 0.132. The van der Waals surface area contributed by atoms with Gasteiger partial charge in [0.2, 0.25) is 0 Å². The Morgan fingerprint density at radius 2 is 2.13 bits per heavy atom. The van der Waals surface area contributed by atoms with E-state index in [4.69, 9.17) is 14.5 Å². The summed E-state index contributed by atoms with van der Waals surface area (Å²) in [7, 11) is 2.75. The number of hydrogen-bond donors (Lipinski definition) is 2. The fraction of sp³-hybridized carbons (Fsp3) is 0.586. The molecule has 3 aliphatic heterocycles. The Hall–Kier alpha value is -0.590. The van der Waals surface area contributed by atoms with Gasteiger partial charge in [-0.1, -0.05) is 75.9 Å².